The van der Waals surface area contributed by atoms with Crippen LogP contribution in [-0.4, -0.2) is 29.9 Å². The summed E-state index contributed by atoms with van der Waals surface area (Å²) >= 11 is 0. The van der Waals surface area contributed by atoms with Crippen LogP contribution in [0, 0.1) is 0 Å². The van der Waals surface area contributed by atoms with Crippen LogP contribution >= 0.6 is 0 Å². The molecule has 0 fully saturated rings. The quantitative estimate of drug-likeness (QED) is 0.413. The second-order valence-corrected chi connectivity index (χ2v) is 6.99. The summed E-state index contributed by atoms with van der Waals surface area (Å²) < 4.78 is 12.2. The lowest BCUT2D eigenvalue weighted by Gasteiger charge is -2.04. The molecule has 0 saturated carbocycles. The molecular weight excluding hydrogens is 402 g/mol. The van der Waals surface area contributed by atoms with Gasteiger partial charge in [-0.05, 0) is 66.7 Å². The molecule has 0 aliphatic rings. The molecule has 6 heteroatoms. The molecule has 0 atom stereocenters. The van der Waals surface area contributed by atoms with Gasteiger partial charge in [0.15, 0.2) is 0 Å². The number of benzene rings is 3. The first-order chi connectivity index (χ1) is 15.7. The number of hydrogen-bond donors (Lipinski definition) is 1. The zero-order chi connectivity index (χ0) is 22.3. The highest BCUT2D eigenvalue weighted by atomic mass is 16.5. The molecule has 0 unspecified atom stereocenters. The van der Waals surface area contributed by atoms with Gasteiger partial charge in [-0.25, -0.2) is 4.68 Å². The van der Waals surface area contributed by atoms with Crippen molar-refractivity contribution in [2.45, 2.75) is 0 Å². The summed E-state index contributed by atoms with van der Waals surface area (Å²) in [5, 5.41) is 7.62. The maximum Gasteiger partial charge on any atom is 0.248 e. The normalized spacial score (nSPS) is 10.8. The van der Waals surface area contributed by atoms with Crippen LogP contribution < -0.4 is 14.8 Å². The van der Waals surface area contributed by atoms with Gasteiger partial charge in [0, 0.05) is 29.1 Å². The Morgan fingerprint density at radius 3 is 2.12 bits per heavy atom. The summed E-state index contributed by atoms with van der Waals surface area (Å²) in [6.07, 6.45) is 5.18. The number of aromatic nitrogens is 2. The Kier molecular flexibility index (Phi) is 6.32. The van der Waals surface area contributed by atoms with Gasteiger partial charge < -0.3 is 14.8 Å². The van der Waals surface area contributed by atoms with E-state index >= 15 is 0 Å². The van der Waals surface area contributed by atoms with Gasteiger partial charge in [0.2, 0.25) is 5.91 Å². The van der Waals surface area contributed by atoms with Crippen LogP contribution in [-0.2, 0) is 4.79 Å². The zero-order valence-corrected chi connectivity index (χ0v) is 17.9. The predicted octanol–water partition coefficient (Wildman–Crippen LogP) is 5.21. The van der Waals surface area contributed by atoms with Crippen molar-refractivity contribution in [3.63, 3.8) is 0 Å². The molecule has 32 heavy (non-hydrogen) atoms. The van der Waals surface area contributed by atoms with Crippen LogP contribution in [0.25, 0.3) is 23.0 Å². The molecule has 160 valence electrons. The monoisotopic (exact) mass is 425 g/mol. The van der Waals surface area contributed by atoms with Gasteiger partial charge >= 0.3 is 0 Å². The molecule has 0 radical (unpaired) electrons. The maximum atomic E-state index is 12.5. The summed E-state index contributed by atoms with van der Waals surface area (Å²) in [4.78, 5) is 12.5. The fourth-order valence-electron chi connectivity index (χ4n) is 3.22. The molecule has 1 amide bonds. The van der Waals surface area contributed by atoms with E-state index in [1.165, 1.54) is 6.08 Å². The van der Waals surface area contributed by atoms with E-state index in [4.69, 9.17) is 14.6 Å². The fourth-order valence-corrected chi connectivity index (χ4v) is 3.22. The van der Waals surface area contributed by atoms with Crippen LogP contribution in [0.3, 0.4) is 0 Å². The van der Waals surface area contributed by atoms with E-state index < -0.39 is 0 Å². The lowest BCUT2D eigenvalue weighted by molar-refractivity contribution is -0.111. The smallest absolute Gasteiger partial charge is 0.248 e. The minimum Gasteiger partial charge on any atom is -0.497 e. The number of carbonyl (C=O) groups excluding carboxylic acids is 1. The second-order valence-electron chi connectivity index (χ2n) is 6.99. The zero-order valence-electron chi connectivity index (χ0n) is 17.9. The maximum absolute atomic E-state index is 12.5. The van der Waals surface area contributed by atoms with Crippen LogP contribution in [0.4, 0.5) is 5.69 Å². The van der Waals surface area contributed by atoms with Gasteiger partial charge in [0.25, 0.3) is 0 Å². The van der Waals surface area contributed by atoms with Crippen molar-refractivity contribution in [3.8, 4) is 28.4 Å². The van der Waals surface area contributed by atoms with Crippen LogP contribution in [0.2, 0.25) is 0 Å². The van der Waals surface area contributed by atoms with E-state index in [9.17, 15) is 4.79 Å². The van der Waals surface area contributed by atoms with Crippen molar-refractivity contribution in [2.24, 2.45) is 0 Å². The van der Waals surface area contributed by atoms with Crippen molar-refractivity contribution >= 4 is 17.7 Å². The molecule has 4 rings (SSSR count). The topological polar surface area (TPSA) is 65.4 Å². The number of hydrogen-bond acceptors (Lipinski definition) is 4. The number of amides is 1. The molecule has 0 bridgehead atoms. The Bertz CT molecular complexity index is 1210. The Balaban J connectivity index is 1.61. The number of nitrogens with one attached hydrogen (secondary N) is 1. The molecular formula is C26H23N3O3. The molecule has 3 aromatic carbocycles. The predicted molar refractivity (Wildman–Crippen MR) is 126 cm³/mol. The summed E-state index contributed by atoms with van der Waals surface area (Å²) in [6.45, 7) is 0. The minimum absolute atomic E-state index is 0.233. The number of methoxy groups -OCH3 is 2. The number of anilines is 1. The molecule has 1 N–H and O–H groups in total. The fraction of sp³-hybridized carbons (Fsp3) is 0.0769. The number of rotatable bonds is 7. The molecule has 0 aliphatic carbocycles. The lowest BCUT2D eigenvalue weighted by atomic mass is 10.1. The summed E-state index contributed by atoms with van der Waals surface area (Å²) in [5.41, 5.74) is 4.14. The van der Waals surface area contributed by atoms with Crippen molar-refractivity contribution < 1.29 is 14.3 Å². The first-order valence-corrected chi connectivity index (χ1v) is 10.1. The van der Waals surface area contributed by atoms with Crippen LogP contribution in [0.5, 0.6) is 11.5 Å². The van der Waals surface area contributed by atoms with Gasteiger partial charge in [0.1, 0.15) is 11.5 Å². The van der Waals surface area contributed by atoms with Gasteiger partial charge in [-0.1, -0.05) is 18.2 Å². The van der Waals surface area contributed by atoms with Crippen molar-refractivity contribution in [2.75, 3.05) is 19.5 Å². The first-order valence-electron chi connectivity index (χ1n) is 10.1. The SMILES string of the molecule is COc1ccc(NC(=O)/C=C/c2cn(-c3ccccc3)nc2-c2ccc(OC)cc2)cc1. The van der Waals surface area contributed by atoms with E-state index in [1.54, 1.807) is 49.2 Å². The van der Waals surface area contributed by atoms with Crippen molar-refractivity contribution in [1.29, 1.82) is 0 Å². The third kappa shape index (κ3) is 4.87. The summed E-state index contributed by atoms with van der Waals surface area (Å²) in [7, 11) is 3.24. The standard InChI is InChI=1S/C26H23N3O3/c1-31-23-13-8-19(9-14-23)26-20(18-29(28-26)22-6-4-3-5-7-22)10-17-25(30)27-21-11-15-24(32-2)16-12-21/h3-18H,1-2H3,(H,27,30)/b17-10+. The highest BCUT2D eigenvalue weighted by Crippen LogP contribution is 2.27. The molecule has 1 heterocycles. The lowest BCUT2D eigenvalue weighted by Crippen LogP contribution is -2.07. The third-order valence-electron chi connectivity index (χ3n) is 4.90. The second kappa shape index (κ2) is 9.66. The van der Waals surface area contributed by atoms with Gasteiger partial charge in [-0.3, -0.25) is 4.79 Å². The minimum atomic E-state index is -0.233. The molecule has 1 aromatic heterocycles. The number of nitrogens with zero attached hydrogens (tertiary/aromatic N) is 2. The first kappa shape index (κ1) is 20.9. The van der Waals surface area contributed by atoms with E-state index in [1.807, 2.05) is 60.8 Å². The van der Waals surface area contributed by atoms with Gasteiger partial charge in [-0.2, -0.15) is 5.10 Å². The Hall–Kier alpha value is -4.32. The Morgan fingerprint density at radius 2 is 1.50 bits per heavy atom. The Morgan fingerprint density at radius 1 is 0.875 bits per heavy atom. The third-order valence-corrected chi connectivity index (χ3v) is 4.90. The van der Waals surface area contributed by atoms with Crippen molar-refractivity contribution in [3.05, 3.63) is 96.7 Å². The summed E-state index contributed by atoms with van der Waals surface area (Å²) in [6, 6.07) is 24.7. The van der Waals surface area contributed by atoms with Crippen molar-refractivity contribution in [1.82, 2.24) is 9.78 Å². The highest BCUT2D eigenvalue weighted by molar-refractivity contribution is 6.02. The van der Waals surface area contributed by atoms with Crippen LogP contribution in [0.15, 0.2) is 91.1 Å². The summed E-state index contributed by atoms with van der Waals surface area (Å²) in [5.74, 6) is 1.27. The highest BCUT2D eigenvalue weighted by Gasteiger charge is 2.11. The van der Waals surface area contributed by atoms with E-state index in [-0.39, 0.29) is 5.91 Å². The number of para-hydroxylation sites is 1. The molecule has 0 aliphatic heterocycles. The largest absolute Gasteiger partial charge is 0.497 e. The average molecular weight is 425 g/mol. The number of ether oxygens (including phenoxy) is 2. The van der Waals surface area contributed by atoms with Gasteiger partial charge in [-0.15, -0.1) is 0 Å². The molecule has 4 aromatic rings. The van der Waals surface area contributed by atoms with Crippen LogP contribution in [0.1, 0.15) is 5.56 Å². The molecule has 6 nitrogen and oxygen atoms in total. The van der Waals surface area contributed by atoms with Gasteiger partial charge in [0.05, 0.1) is 25.6 Å². The molecule has 0 spiro atoms. The van der Waals surface area contributed by atoms with E-state index in [0.29, 0.717) is 5.69 Å². The Labute approximate surface area is 186 Å². The molecule has 0 saturated heterocycles. The van der Waals surface area contributed by atoms with E-state index in [2.05, 4.69) is 5.32 Å². The van der Waals surface area contributed by atoms with E-state index in [0.717, 1.165) is 34.0 Å². The number of carbonyl (C=O) groups is 1. The average Bonchev–Trinajstić information content (AvgIpc) is 3.28.